The molecule has 0 saturated carbocycles. The first kappa shape index (κ1) is 16.6. The number of piperidine rings is 1. The van der Waals surface area contributed by atoms with Gasteiger partial charge in [0.1, 0.15) is 0 Å². The van der Waals surface area contributed by atoms with Crippen LogP contribution in [0.2, 0.25) is 0 Å². The lowest BCUT2D eigenvalue weighted by Crippen LogP contribution is -2.39. The second kappa shape index (κ2) is 7.09. The van der Waals surface area contributed by atoms with Crippen LogP contribution in [0.4, 0.5) is 0 Å². The number of hydrogen-bond donors (Lipinski definition) is 1. The first-order valence-electron chi connectivity index (χ1n) is 7.93. The van der Waals surface area contributed by atoms with Crippen LogP contribution in [0.5, 0.6) is 0 Å². The zero-order chi connectivity index (χ0) is 17.8. The van der Waals surface area contributed by atoms with Crippen LogP contribution in [0.1, 0.15) is 33.7 Å². The van der Waals surface area contributed by atoms with Gasteiger partial charge in [0.15, 0.2) is 5.69 Å². The van der Waals surface area contributed by atoms with E-state index in [1.54, 1.807) is 29.2 Å². The number of carboxylic acid groups (broad SMARTS) is 1. The van der Waals surface area contributed by atoms with Gasteiger partial charge < -0.3 is 10.0 Å². The fourth-order valence-corrected chi connectivity index (χ4v) is 2.87. The summed E-state index contributed by atoms with van der Waals surface area (Å²) in [5, 5.41) is 18.1. The molecule has 25 heavy (non-hydrogen) atoms. The normalized spacial score (nSPS) is 16.9. The maximum absolute atomic E-state index is 12.7. The van der Waals surface area contributed by atoms with Crippen molar-refractivity contribution in [3.05, 3.63) is 47.9 Å². The Bertz CT molecular complexity index is 859. The van der Waals surface area contributed by atoms with Crippen molar-refractivity contribution in [2.24, 2.45) is 5.92 Å². The summed E-state index contributed by atoms with van der Waals surface area (Å²) >= 11 is 0. The molecule has 0 spiro atoms. The molecular formula is C18H16N4O3. The standard InChI is InChI=1S/C18H16N4O3/c19-8-12-3-2-6-22(11-12)17(23)14-5-1-4-13(7-14)15-9-20-10-16(21-15)18(24)25/h1,4-5,7,9-10,12H,2-3,6,11H2,(H,24,25)/t12-/m1/s1. The topological polar surface area (TPSA) is 107 Å². The van der Waals surface area contributed by atoms with E-state index in [0.717, 1.165) is 12.8 Å². The van der Waals surface area contributed by atoms with E-state index in [2.05, 4.69) is 16.0 Å². The minimum atomic E-state index is -1.16. The minimum absolute atomic E-state index is 0.126. The fourth-order valence-electron chi connectivity index (χ4n) is 2.87. The number of nitrogens with zero attached hydrogens (tertiary/aromatic N) is 4. The molecule has 1 aliphatic rings. The lowest BCUT2D eigenvalue weighted by atomic mass is 9.98. The number of aromatic carboxylic acids is 1. The Morgan fingerprint density at radius 1 is 1.32 bits per heavy atom. The van der Waals surface area contributed by atoms with E-state index in [9.17, 15) is 9.59 Å². The van der Waals surface area contributed by atoms with Gasteiger partial charge in [-0.2, -0.15) is 5.26 Å². The Morgan fingerprint density at radius 2 is 2.16 bits per heavy atom. The number of amides is 1. The maximum atomic E-state index is 12.7. The Hall–Kier alpha value is -3.27. The summed E-state index contributed by atoms with van der Waals surface area (Å²) in [6.07, 6.45) is 4.27. The fraction of sp³-hybridized carbons (Fsp3) is 0.278. The lowest BCUT2D eigenvalue weighted by molar-refractivity contribution is 0.0684. The molecule has 126 valence electrons. The second-order valence-corrected chi connectivity index (χ2v) is 5.89. The number of hydrogen-bond acceptors (Lipinski definition) is 5. The smallest absolute Gasteiger partial charge is 0.356 e. The van der Waals surface area contributed by atoms with Crippen molar-refractivity contribution >= 4 is 11.9 Å². The third kappa shape index (κ3) is 3.63. The van der Waals surface area contributed by atoms with Crippen LogP contribution in [0, 0.1) is 17.2 Å². The van der Waals surface area contributed by atoms with Crippen molar-refractivity contribution in [1.82, 2.24) is 14.9 Å². The van der Waals surface area contributed by atoms with Crippen LogP contribution in [0.25, 0.3) is 11.3 Å². The highest BCUT2D eigenvalue weighted by molar-refractivity contribution is 5.95. The summed E-state index contributed by atoms with van der Waals surface area (Å²) in [7, 11) is 0. The molecule has 0 radical (unpaired) electrons. The Labute approximate surface area is 144 Å². The van der Waals surface area contributed by atoms with Crippen molar-refractivity contribution in [3.8, 4) is 17.3 Å². The highest BCUT2D eigenvalue weighted by Gasteiger charge is 2.24. The number of carbonyl (C=O) groups is 2. The number of rotatable bonds is 3. The van der Waals surface area contributed by atoms with Gasteiger partial charge in [0, 0.05) is 24.2 Å². The third-order valence-corrected chi connectivity index (χ3v) is 4.15. The molecule has 0 aliphatic carbocycles. The second-order valence-electron chi connectivity index (χ2n) is 5.89. The Balaban J connectivity index is 1.86. The van der Waals surface area contributed by atoms with Crippen LogP contribution in [-0.2, 0) is 0 Å². The van der Waals surface area contributed by atoms with Gasteiger partial charge in [0.25, 0.3) is 5.91 Å². The van der Waals surface area contributed by atoms with Crippen molar-refractivity contribution in [3.63, 3.8) is 0 Å². The molecule has 0 bridgehead atoms. The Kier molecular flexibility index (Phi) is 4.70. The van der Waals surface area contributed by atoms with Gasteiger partial charge in [-0.15, -0.1) is 0 Å². The van der Waals surface area contributed by atoms with E-state index in [-0.39, 0.29) is 17.5 Å². The van der Waals surface area contributed by atoms with Crippen molar-refractivity contribution in [1.29, 1.82) is 5.26 Å². The summed E-state index contributed by atoms with van der Waals surface area (Å²) in [5.74, 6) is -1.42. The maximum Gasteiger partial charge on any atom is 0.356 e. The highest BCUT2D eigenvalue weighted by atomic mass is 16.4. The van der Waals surface area contributed by atoms with E-state index in [0.29, 0.717) is 29.9 Å². The van der Waals surface area contributed by atoms with Gasteiger partial charge in [-0.25, -0.2) is 9.78 Å². The van der Waals surface area contributed by atoms with Crippen LogP contribution in [0.3, 0.4) is 0 Å². The molecule has 1 atom stereocenters. The first-order valence-corrected chi connectivity index (χ1v) is 7.93. The largest absolute Gasteiger partial charge is 0.476 e. The number of aromatic nitrogens is 2. The molecule has 1 amide bonds. The van der Waals surface area contributed by atoms with Crippen molar-refractivity contribution in [2.75, 3.05) is 13.1 Å². The summed E-state index contributed by atoms with van der Waals surface area (Å²) in [4.78, 5) is 33.4. The zero-order valence-corrected chi connectivity index (χ0v) is 13.4. The minimum Gasteiger partial charge on any atom is -0.476 e. The molecule has 7 nitrogen and oxygen atoms in total. The molecule has 7 heteroatoms. The Morgan fingerprint density at radius 3 is 2.92 bits per heavy atom. The molecule has 1 N–H and O–H groups in total. The predicted octanol–water partition coefficient (Wildman–Crippen LogP) is 2.22. The summed E-state index contributed by atoms with van der Waals surface area (Å²) in [6, 6.07) is 9.08. The van der Waals surface area contributed by atoms with E-state index in [1.165, 1.54) is 12.4 Å². The summed E-state index contributed by atoms with van der Waals surface area (Å²) < 4.78 is 0. The van der Waals surface area contributed by atoms with Crippen LogP contribution >= 0.6 is 0 Å². The van der Waals surface area contributed by atoms with Gasteiger partial charge in [-0.05, 0) is 25.0 Å². The molecule has 1 aromatic heterocycles. The molecule has 2 heterocycles. The first-order chi connectivity index (χ1) is 12.1. The number of carboxylic acids is 1. The number of likely N-dealkylation sites (tertiary alicyclic amines) is 1. The van der Waals surface area contributed by atoms with E-state index in [4.69, 9.17) is 10.4 Å². The van der Waals surface area contributed by atoms with E-state index in [1.807, 2.05) is 0 Å². The van der Waals surface area contributed by atoms with Crippen LogP contribution < -0.4 is 0 Å². The molecule has 1 aromatic carbocycles. The molecule has 2 aromatic rings. The zero-order valence-electron chi connectivity index (χ0n) is 13.4. The number of benzene rings is 1. The predicted molar refractivity (Wildman–Crippen MR) is 88.7 cm³/mol. The van der Waals surface area contributed by atoms with Crippen molar-refractivity contribution in [2.45, 2.75) is 12.8 Å². The number of carbonyl (C=O) groups excluding carboxylic acids is 1. The van der Waals surface area contributed by atoms with Gasteiger partial charge >= 0.3 is 5.97 Å². The molecule has 1 aliphatic heterocycles. The van der Waals surface area contributed by atoms with Crippen LogP contribution in [-0.4, -0.2) is 44.9 Å². The average molecular weight is 336 g/mol. The molecule has 3 rings (SSSR count). The van der Waals surface area contributed by atoms with E-state index < -0.39 is 5.97 Å². The van der Waals surface area contributed by atoms with Gasteiger partial charge in [0.05, 0.1) is 30.1 Å². The van der Waals surface area contributed by atoms with E-state index >= 15 is 0 Å². The van der Waals surface area contributed by atoms with Gasteiger partial charge in [-0.3, -0.25) is 9.78 Å². The van der Waals surface area contributed by atoms with Gasteiger partial charge in [-0.1, -0.05) is 12.1 Å². The molecular weight excluding hydrogens is 320 g/mol. The monoisotopic (exact) mass is 336 g/mol. The summed E-state index contributed by atoms with van der Waals surface area (Å²) in [5.41, 5.74) is 1.35. The van der Waals surface area contributed by atoms with Crippen LogP contribution in [0.15, 0.2) is 36.7 Å². The third-order valence-electron chi connectivity index (χ3n) is 4.15. The van der Waals surface area contributed by atoms with Gasteiger partial charge in [0.2, 0.25) is 0 Å². The SMILES string of the molecule is N#C[C@H]1CCCN(C(=O)c2cccc(-c3cncc(C(=O)O)n3)c2)C1. The molecule has 0 unspecified atom stereocenters. The quantitative estimate of drug-likeness (QED) is 0.921. The lowest BCUT2D eigenvalue weighted by Gasteiger charge is -2.29. The average Bonchev–Trinajstić information content (AvgIpc) is 2.67. The molecule has 1 saturated heterocycles. The molecule has 1 fully saturated rings. The highest BCUT2D eigenvalue weighted by Crippen LogP contribution is 2.21. The summed E-state index contributed by atoms with van der Waals surface area (Å²) in [6.45, 7) is 1.07. The van der Waals surface area contributed by atoms with Crippen molar-refractivity contribution < 1.29 is 14.7 Å². The number of nitriles is 1.